The standard InChI is InChI=1S/C37H30N3.BF4/c1-7-19-31(20-8-1)38(32-21-9-2-10-22-32)37(39(33-23-11-3-12-24-33)34-25-13-4-14-26-34)40(35-27-15-5-16-28-35)36-29-17-6-18-30-36;2-1(3,4)5/h1-30H;/q+1;-1. The first-order chi connectivity index (χ1) is 21.9. The van der Waals surface area contributed by atoms with Gasteiger partial charge >= 0.3 is 13.2 Å². The van der Waals surface area contributed by atoms with Gasteiger partial charge in [-0.3, -0.25) is 0 Å². The van der Waals surface area contributed by atoms with Crippen molar-refractivity contribution in [1.82, 2.24) is 4.58 Å². The van der Waals surface area contributed by atoms with Gasteiger partial charge < -0.3 is 17.3 Å². The molecule has 6 rings (SSSR count). The first-order valence-corrected chi connectivity index (χ1v) is 14.3. The van der Waals surface area contributed by atoms with E-state index in [1.807, 2.05) is 0 Å². The Morgan fingerprint density at radius 2 is 0.556 bits per heavy atom. The number of para-hydroxylation sites is 6. The fourth-order valence-corrected chi connectivity index (χ4v) is 4.90. The van der Waals surface area contributed by atoms with Crippen LogP contribution in [0.3, 0.4) is 0 Å². The number of guanidine groups is 1. The van der Waals surface area contributed by atoms with Crippen molar-refractivity contribution < 1.29 is 17.3 Å². The summed E-state index contributed by atoms with van der Waals surface area (Å²) in [7, 11) is -6.00. The van der Waals surface area contributed by atoms with E-state index in [2.05, 4.69) is 196 Å². The fourth-order valence-electron chi connectivity index (χ4n) is 4.90. The summed E-state index contributed by atoms with van der Waals surface area (Å²) in [4.78, 5) is 4.67. The monoisotopic (exact) mass is 603 g/mol. The van der Waals surface area contributed by atoms with E-state index in [1.54, 1.807) is 0 Å². The number of nitrogens with zero attached hydrogens (tertiary/aromatic N) is 3. The molecule has 0 aliphatic rings. The number of benzene rings is 6. The first-order valence-electron chi connectivity index (χ1n) is 14.3. The van der Waals surface area contributed by atoms with Crippen LogP contribution in [0.4, 0.5) is 51.4 Å². The molecule has 0 radical (unpaired) electrons. The molecule has 3 nitrogen and oxygen atoms in total. The summed E-state index contributed by atoms with van der Waals surface area (Å²) in [6.07, 6.45) is 0. The molecule has 0 fully saturated rings. The van der Waals surface area contributed by atoms with E-state index in [0.717, 1.165) is 40.1 Å². The summed E-state index contributed by atoms with van der Waals surface area (Å²) < 4.78 is 41.3. The minimum atomic E-state index is -6.00. The Kier molecular flexibility index (Phi) is 10.1. The van der Waals surface area contributed by atoms with E-state index in [9.17, 15) is 17.3 Å². The lowest BCUT2D eigenvalue weighted by Crippen LogP contribution is -2.45. The molecule has 0 N–H and O–H groups in total. The molecule has 0 bridgehead atoms. The average molecular weight is 603 g/mol. The molecule has 6 aromatic carbocycles. The van der Waals surface area contributed by atoms with Gasteiger partial charge in [0, 0.05) is 0 Å². The van der Waals surface area contributed by atoms with Crippen molar-refractivity contribution >= 4 is 47.3 Å². The van der Waals surface area contributed by atoms with Crippen molar-refractivity contribution in [3.05, 3.63) is 182 Å². The van der Waals surface area contributed by atoms with Crippen LogP contribution >= 0.6 is 0 Å². The Bertz CT molecular complexity index is 1560. The number of anilines is 4. The van der Waals surface area contributed by atoms with Gasteiger partial charge in [-0.05, 0) is 72.8 Å². The second-order valence-electron chi connectivity index (χ2n) is 9.81. The van der Waals surface area contributed by atoms with Crippen molar-refractivity contribution in [1.29, 1.82) is 0 Å². The minimum Gasteiger partial charge on any atom is -0.418 e. The van der Waals surface area contributed by atoms with E-state index in [1.165, 1.54) is 0 Å². The Labute approximate surface area is 260 Å². The molecule has 8 heteroatoms. The molecular formula is C37H30BF4N3. The summed E-state index contributed by atoms with van der Waals surface area (Å²) in [5.74, 6) is 0.951. The van der Waals surface area contributed by atoms with Gasteiger partial charge in [0.2, 0.25) is 0 Å². The molecule has 0 amide bonds. The van der Waals surface area contributed by atoms with E-state index < -0.39 is 7.25 Å². The normalized spacial score (nSPS) is 10.7. The van der Waals surface area contributed by atoms with Crippen LogP contribution in [-0.2, 0) is 0 Å². The van der Waals surface area contributed by atoms with E-state index in [0.29, 0.717) is 0 Å². The van der Waals surface area contributed by atoms with Crippen LogP contribution in [0.2, 0.25) is 0 Å². The molecule has 0 saturated heterocycles. The molecule has 0 unspecified atom stereocenters. The molecule has 0 saturated carbocycles. The van der Waals surface area contributed by atoms with Crippen LogP contribution in [0.1, 0.15) is 0 Å². The molecule has 0 aliphatic heterocycles. The van der Waals surface area contributed by atoms with Gasteiger partial charge in [0.15, 0.2) is 0 Å². The summed E-state index contributed by atoms with van der Waals surface area (Å²) in [5.41, 5.74) is 6.32. The van der Waals surface area contributed by atoms with Crippen molar-refractivity contribution in [2.75, 3.05) is 9.80 Å². The van der Waals surface area contributed by atoms with Gasteiger partial charge in [0.05, 0.1) is 0 Å². The lowest BCUT2D eigenvalue weighted by atomic mass is 10.2. The highest BCUT2D eigenvalue weighted by molar-refractivity contribution is 6.50. The van der Waals surface area contributed by atoms with Gasteiger partial charge in [-0.15, -0.1) is 0 Å². The van der Waals surface area contributed by atoms with Crippen molar-refractivity contribution in [2.45, 2.75) is 0 Å². The predicted octanol–water partition coefficient (Wildman–Crippen LogP) is 10.9. The molecule has 0 aliphatic carbocycles. The number of hydrogen-bond acceptors (Lipinski definition) is 0. The molecule has 0 atom stereocenters. The highest BCUT2D eigenvalue weighted by Gasteiger charge is 2.36. The van der Waals surface area contributed by atoms with Crippen molar-refractivity contribution in [3.63, 3.8) is 0 Å². The lowest BCUT2D eigenvalue weighted by Gasteiger charge is -2.30. The molecule has 45 heavy (non-hydrogen) atoms. The zero-order valence-electron chi connectivity index (χ0n) is 24.3. The maximum absolute atomic E-state index is 9.75. The largest absolute Gasteiger partial charge is 0.673 e. The van der Waals surface area contributed by atoms with Gasteiger partial charge in [-0.2, -0.15) is 14.4 Å². The number of halogens is 4. The van der Waals surface area contributed by atoms with Crippen LogP contribution in [0.15, 0.2) is 182 Å². The van der Waals surface area contributed by atoms with Crippen LogP contribution in [0.25, 0.3) is 0 Å². The maximum atomic E-state index is 9.75. The van der Waals surface area contributed by atoms with Crippen LogP contribution in [-0.4, -0.2) is 13.2 Å². The summed E-state index contributed by atoms with van der Waals surface area (Å²) in [6, 6.07) is 63.4. The Morgan fingerprint density at radius 3 is 0.778 bits per heavy atom. The zero-order chi connectivity index (χ0) is 31.5. The third-order valence-corrected chi connectivity index (χ3v) is 6.69. The first kappa shape index (κ1) is 30.8. The van der Waals surface area contributed by atoms with Gasteiger partial charge in [-0.1, -0.05) is 109 Å². The van der Waals surface area contributed by atoms with Crippen LogP contribution in [0, 0.1) is 0 Å². The molecule has 224 valence electrons. The van der Waals surface area contributed by atoms with E-state index in [4.69, 9.17) is 0 Å². The summed E-state index contributed by atoms with van der Waals surface area (Å²) >= 11 is 0. The minimum absolute atomic E-state index is 0.951. The summed E-state index contributed by atoms with van der Waals surface area (Å²) in [6.45, 7) is 0. The molecule has 0 heterocycles. The lowest BCUT2D eigenvalue weighted by molar-refractivity contribution is 0.368. The third-order valence-electron chi connectivity index (χ3n) is 6.69. The highest BCUT2D eigenvalue weighted by Crippen LogP contribution is 2.35. The molecule has 0 spiro atoms. The second kappa shape index (κ2) is 14.7. The third kappa shape index (κ3) is 8.27. The molecule has 6 aromatic rings. The van der Waals surface area contributed by atoms with Crippen molar-refractivity contribution in [3.8, 4) is 0 Å². The highest BCUT2D eigenvalue weighted by atomic mass is 19.5. The predicted molar refractivity (Wildman–Crippen MR) is 180 cm³/mol. The fraction of sp³-hybridized carbons (Fsp3) is 0. The molecular weight excluding hydrogens is 573 g/mol. The van der Waals surface area contributed by atoms with Gasteiger partial charge in [-0.25, -0.2) is 0 Å². The summed E-state index contributed by atoms with van der Waals surface area (Å²) in [5, 5.41) is 0. The second-order valence-corrected chi connectivity index (χ2v) is 9.81. The van der Waals surface area contributed by atoms with Gasteiger partial charge in [0.25, 0.3) is 0 Å². The van der Waals surface area contributed by atoms with E-state index in [-0.39, 0.29) is 0 Å². The quantitative estimate of drug-likeness (QED) is 0.0616. The van der Waals surface area contributed by atoms with Crippen molar-refractivity contribution in [2.24, 2.45) is 0 Å². The topological polar surface area (TPSA) is 9.49 Å². The smallest absolute Gasteiger partial charge is 0.418 e. The number of rotatable bonds is 6. The van der Waals surface area contributed by atoms with Crippen LogP contribution < -0.4 is 14.4 Å². The van der Waals surface area contributed by atoms with Crippen LogP contribution in [0.5, 0.6) is 0 Å². The zero-order valence-corrected chi connectivity index (χ0v) is 24.3. The maximum Gasteiger partial charge on any atom is 0.673 e. The molecule has 0 aromatic heterocycles. The Hall–Kier alpha value is -5.63. The Balaban J connectivity index is 0.000000743. The Morgan fingerprint density at radius 1 is 0.356 bits per heavy atom. The van der Waals surface area contributed by atoms with E-state index >= 15 is 0 Å². The average Bonchev–Trinajstić information content (AvgIpc) is 3.07. The number of hydrogen-bond donors (Lipinski definition) is 0. The van der Waals surface area contributed by atoms with Gasteiger partial charge in [0.1, 0.15) is 34.1 Å². The SMILES string of the molecule is F[B-](F)(F)F.c1ccc(N(C(N(c2ccccc2)c2ccccc2)=[N+](c2ccccc2)c2ccccc2)c2ccccc2)cc1.